The van der Waals surface area contributed by atoms with Gasteiger partial charge in [0, 0.05) is 23.6 Å². The van der Waals surface area contributed by atoms with Gasteiger partial charge in [-0.2, -0.15) is 0 Å². The van der Waals surface area contributed by atoms with Crippen molar-refractivity contribution in [3.63, 3.8) is 0 Å². The summed E-state index contributed by atoms with van der Waals surface area (Å²) < 4.78 is 2.10. The first kappa shape index (κ1) is 13.2. The van der Waals surface area contributed by atoms with Gasteiger partial charge in [0.1, 0.15) is 7.05 Å². The van der Waals surface area contributed by atoms with E-state index in [2.05, 4.69) is 22.8 Å². The summed E-state index contributed by atoms with van der Waals surface area (Å²) >= 11 is 0. The second-order valence-electron chi connectivity index (χ2n) is 5.06. The molecule has 0 aliphatic rings. The van der Waals surface area contributed by atoms with Gasteiger partial charge >= 0.3 is 0 Å². The highest BCUT2D eigenvalue weighted by atomic mass is 16.6. The van der Waals surface area contributed by atoms with Crippen LogP contribution in [0.2, 0.25) is 0 Å². The molecule has 0 saturated heterocycles. The number of non-ortho nitro benzene ring substituents is 1. The Balaban J connectivity index is 2.01. The van der Waals surface area contributed by atoms with Crippen molar-refractivity contribution in [1.29, 1.82) is 0 Å². The van der Waals surface area contributed by atoms with Crippen molar-refractivity contribution < 1.29 is 9.49 Å². The molecule has 0 amide bonds. The average molecular weight is 279 g/mol. The van der Waals surface area contributed by atoms with Gasteiger partial charge in [-0.05, 0) is 17.0 Å². The van der Waals surface area contributed by atoms with Crippen LogP contribution in [0.3, 0.4) is 0 Å². The maximum absolute atomic E-state index is 10.7. The molecule has 0 bridgehead atoms. The molecule has 0 spiro atoms. The maximum atomic E-state index is 10.7. The number of fused-ring (bicyclic) bond motifs is 1. The topological polar surface area (TPSA) is 47.0 Å². The van der Waals surface area contributed by atoms with Gasteiger partial charge in [-0.3, -0.25) is 10.1 Å². The van der Waals surface area contributed by atoms with Crippen molar-refractivity contribution in [3.8, 4) is 0 Å². The molecule has 2 aromatic carbocycles. The Hall–Kier alpha value is -2.75. The van der Waals surface area contributed by atoms with E-state index in [0.29, 0.717) is 0 Å². The third-order valence-electron chi connectivity index (χ3n) is 3.69. The van der Waals surface area contributed by atoms with Crippen molar-refractivity contribution >= 4 is 16.5 Å². The highest BCUT2D eigenvalue weighted by molar-refractivity contribution is 5.83. The molecule has 0 fully saturated rings. The molecule has 21 heavy (non-hydrogen) atoms. The fourth-order valence-corrected chi connectivity index (χ4v) is 2.53. The zero-order valence-corrected chi connectivity index (χ0v) is 11.7. The van der Waals surface area contributed by atoms with E-state index in [0.717, 1.165) is 12.0 Å². The molecular formula is C17H15N2O2+. The summed E-state index contributed by atoms with van der Waals surface area (Å²) in [6.45, 7) is 0. The standard InChI is InChI=1S/C17H15N2O2/c1-18-11-10-14-4-2-3-5-16(14)17(18)12-13-6-8-15(9-7-13)19(20)21/h2-11H,12H2,1H3/q+1. The van der Waals surface area contributed by atoms with Gasteiger partial charge in [-0.25, -0.2) is 4.57 Å². The quantitative estimate of drug-likeness (QED) is 0.420. The highest BCUT2D eigenvalue weighted by Crippen LogP contribution is 2.19. The second-order valence-corrected chi connectivity index (χ2v) is 5.06. The predicted octanol–water partition coefficient (Wildman–Crippen LogP) is 3.16. The summed E-state index contributed by atoms with van der Waals surface area (Å²) in [7, 11) is 2.02. The number of nitro benzene ring substituents is 1. The van der Waals surface area contributed by atoms with E-state index in [1.54, 1.807) is 12.1 Å². The van der Waals surface area contributed by atoms with Crippen LogP contribution in [0.4, 0.5) is 5.69 Å². The Morgan fingerprint density at radius 3 is 2.48 bits per heavy atom. The van der Waals surface area contributed by atoms with Crippen molar-refractivity contribution in [3.05, 3.63) is 82.2 Å². The lowest BCUT2D eigenvalue weighted by molar-refractivity contribution is -0.677. The zero-order valence-electron chi connectivity index (χ0n) is 11.7. The number of nitrogens with zero attached hydrogens (tertiary/aromatic N) is 2. The Labute approximate surface area is 122 Å². The number of hydrogen-bond donors (Lipinski definition) is 0. The van der Waals surface area contributed by atoms with Crippen LogP contribution in [0.1, 0.15) is 11.3 Å². The number of pyridine rings is 1. The van der Waals surface area contributed by atoms with Crippen LogP contribution >= 0.6 is 0 Å². The predicted molar refractivity (Wildman–Crippen MR) is 81.0 cm³/mol. The molecule has 1 aromatic heterocycles. The molecule has 0 N–H and O–H groups in total. The van der Waals surface area contributed by atoms with Crippen LogP contribution < -0.4 is 4.57 Å². The third-order valence-corrected chi connectivity index (χ3v) is 3.69. The fraction of sp³-hybridized carbons (Fsp3) is 0.118. The number of aryl methyl sites for hydroxylation is 1. The van der Waals surface area contributed by atoms with E-state index in [4.69, 9.17) is 0 Å². The summed E-state index contributed by atoms with van der Waals surface area (Å²) in [5.41, 5.74) is 2.38. The number of nitro groups is 1. The lowest BCUT2D eigenvalue weighted by Gasteiger charge is -2.05. The molecule has 0 radical (unpaired) electrons. The van der Waals surface area contributed by atoms with Gasteiger partial charge in [0.15, 0.2) is 11.9 Å². The minimum absolute atomic E-state index is 0.126. The van der Waals surface area contributed by atoms with Crippen LogP contribution in [0.25, 0.3) is 10.8 Å². The minimum Gasteiger partial charge on any atom is -0.258 e. The molecule has 104 valence electrons. The number of rotatable bonds is 3. The van der Waals surface area contributed by atoms with Crippen LogP contribution in [0, 0.1) is 10.1 Å². The minimum atomic E-state index is -0.373. The van der Waals surface area contributed by atoms with Gasteiger partial charge in [0.2, 0.25) is 0 Å². The summed E-state index contributed by atoms with van der Waals surface area (Å²) in [4.78, 5) is 10.3. The molecule has 0 saturated carbocycles. The molecule has 4 nitrogen and oxygen atoms in total. The van der Waals surface area contributed by atoms with Crippen LogP contribution in [-0.2, 0) is 13.5 Å². The molecule has 4 heteroatoms. The summed E-state index contributed by atoms with van der Waals surface area (Å²) in [5, 5.41) is 13.1. The number of hydrogen-bond acceptors (Lipinski definition) is 2. The second kappa shape index (κ2) is 5.32. The fourth-order valence-electron chi connectivity index (χ4n) is 2.53. The van der Waals surface area contributed by atoms with E-state index in [9.17, 15) is 10.1 Å². The van der Waals surface area contributed by atoms with E-state index in [-0.39, 0.29) is 10.6 Å². The first-order chi connectivity index (χ1) is 10.1. The van der Waals surface area contributed by atoms with Crippen molar-refractivity contribution in [2.45, 2.75) is 6.42 Å². The molecule has 0 aliphatic carbocycles. The zero-order chi connectivity index (χ0) is 14.8. The lowest BCUT2D eigenvalue weighted by Crippen LogP contribution is -2.33. The highest BCUT2D eigenvalue weighted by Gasteiger charge is 2.13. The Kier molecular flexibility index (Phi) is 3.36. The van der Waals surface area contributed by atoms with Gasteiger partial charge in [0.25, 0.3) is 5.69 Å². The van der Waals surface area contributed by atoms with E-state index >= 15 is 0 Å². The molecule has 0 aliphatic heterocycles. The van der Waals surface area contributed by atoms with Gasteiger partial charge in [-0.1, -0.05) is 30.3 Å². The lowest BCUT2D eigenvalue weighted by atomic mass is 10.0. The summed E-state index contributed by atoms with van der Waals surface area (Å²) in [5.74, 6) is 0. The molecule has 1 heterocycles. The van der Waals surface area contributed by atoms with E-state index in [1.165, 1.54) is 16.5 Å². The molecule has 3 aromatic rings. The Bertz CT molecular complexity index is 811. The maximum Gasteiger partial charge on any atom is 0.269 e. The molecule has 0 atom stereocenters. The Morgan fingerprint density at radius 1 is 1.05 bits per heavy atom. The van der Waals surface area contributed by atoms with Crippen LogP contribution in [0.5, 0.6) is 0 Å². The van der Waals surface area contributed by atoms with Crippen LogP contribution in [0.15, 0.2) is 60.8 Å². The average Bonchev–Trinajstić information content (AvgIpc) is 2.51. The molecule has 0 unspecified atom stereocenters. The largest absolute Gasteiger partial charge is 0.269 e. The number of aromatic nitrogens is 1. The van der Waals surface area contributed by atoms with Gasteiger partial charge in [0.05, 0.1) is 11.3 Å². The van der Waals surface area contributed by atoms with Gasteiger partial charge < -0.3 is 0 Å². The normalized spacial score (nSPS) is 10.7. The van der Waals surface area contributed by atoms with Gasteiger partial charge in [-0.15, -0.1) is 0 Å². The smallest absolute Gasteiger partial charge is 0.258 e. The monoisotopic (exact) mass is 279 g/mol. The van der Waals surface area contributed by atoms with E-state index < -0.39 is 0 Å². The van der Waals surface area contributed by atoms with Crippen LogP contribution in [-0.4, -0.2) is 4.92 Å². The summed E-state index contributed by atoms with van der Waals surface area (Å²) in [6.07, 6.45) is 2.79. The van der Waals surface area contributed by atoms with Crippen molar-refractivity contribution in [2.75, 3.05) is 0 Å². The van der Waals surface area contributed by atoms with Crippen molar-refractivity contribution in [2.24, 2.45) is 7.05 Å². The first-order valence-corrected chi connectivity index (χ1v) is 6.75. The number of benzene rings is 2. The first-order valence-electron chi connectivity index (χ1n) is 6.75. The molecular weight excluding hydrogens is 264 g/mol. The SMILES string of the molecule is C[n+]1ccc2ccccc2c1Cc1ccc([N+](=O)[O-])cc1. The van der Waals surface area contributed by atoms with E-state index in [1.807, 2.05) is 37.5 Å². The van der Waals surface area contributed by atoms with Crippen molar-refractivity contribution in [1.82, 2.24) is 0 Å². The molecule has 3 rings (SSSR count). The third kappa shape index (κ3) is 2.60. The Morgan fingerprint density at radius 2 is 1.76 bits per heavy atom. The summed E-state index contributed by atoms with van der Waals surface area (Å²) in [6, 6.07) is 17.1.